The fourth-order valence-electron chi connectivity index (χ4n) is 3.83. The number of unbranched alkanes of at least 4 members (excludes halogenated alkanes) is 1. The number of rotatable bonds is 7. The van der Waals surface area contributed by atoms with Crippen molar-refractivity contribution in [1.82, 2.24) is 4.98 Å². The highest BCUT2D eigenvalue weighted by atomic mass is 19.1. The van der Waals surface area contributed by atoms with E-state index in [2.05, 4.69) is 11.9 Å². The number of halogens is 1. The van der Waals surface area contributed by atoms with Crippen molar-refractivity contribution < 1.29 is 19.0 Å². The van der Waals surface area contributed by atoms with Crippen LogP contribution >= 0.6 is 0 Å². The molecule has 0 aliphatic heterocycles. The van der Waals surface area contributed by atoms with Gasteiger partial charge in [-0.05, 0) is 49.2 Å². The molecule has 5 heteroatoms. The molecule has 3 aromatic carbocycles. The van der Waals surface area contributed by atoms with E-state index >= 15 is 0 Å². The lowest BCUT2D eigenvalue weighted by Gasteiger charge is -2.18. The van der Waals surface area contributed by atoms with E-state index < -0.39 is 11.8 Å². The van der Waals surface area contributed by atoms with Crippen molar-refractivity contribution in [3.05, 3.63) is 83.7 Å². The molecule has 0 aliphatic carbocycles. The zero-order valence-electron chi connectivity index (χ0n) is 18.1. The molecule has 0 bridgehead atoms. The Morgan fingerprint density at radius 3 is 2.50 bits per heavy atom. The summed E-state index contributed by atoms with van der Waals surface area (Å²) in [6, 6.07) is 19.4. The average Bonchev–Trinajstić information content (AvgIpc) is 2.80. The van der Waals surface area contributed by atoms with Crippen molar-refractivity contribution in [2.45, 2.75) is 26.7 Å². The highest BCUT2D eigenvalue weighted by molar-refractivity contribution is 6.04. The van der Waals surface area contributed by atoms with Gasteiger partial charge < -0.3 is 9.84 Å². The smallest absolute Gasteiger partial charge is 0.336 e. The van der Waals surface area contributed by atoms with E-state index in [4.69, 9.17) is 4.74 Å². The molecule has 0 unspecified atom stereocenters. The molecule has 0 saturated carbocycles. The van der Waals surface area contributed by atoms with Gasteiger partial charge in [0.15, 0.2) is 0 Å². The minimum atomic E-state index is -1.12. The summed E-state index contributed by atoms with van der Waals surface area (Å²) in [6.07, 6.45) is 1.95. The highest BCUT2D eigenvalue weighted by Gasteiger charge is 2.18. The Morgan fingerprint density at radius 2 is 1.78 bits per heavy atom. The molecule has 0 fully saturated rings. The number of nitrogens with zero attached hydrogens (tertiary/aromatic N) is 1. The summed E-state index contributed by atoms with van der Waals surface area (Å²) in [6.45, 7) is 4.66. The van der Waals surface area contributed by atoms with Gasteiger partial charge in [0, 0.05) is 22.1 Å². The molecule has 4 nitrogen and oxygen atoms in total. The molecule has 0 amide bonds. The van der Waals surface area contributed by atoms with E-state index in [-0.39, 0.29) is 10.9 Å². The van der Waals surface area contributed by atoms with Crippen LogP contribution in [-0.4, -0.2) is 22.7 Å². The zero-order valence-corrected chi connectivity index (χ0v) is 18.1. The maximum Gasteiger partial charge on any atom is 0.336 e. The largest absolute Gasteiger partial charge is 0.493 e. The van der Waals surface area contributed by atoms with Gasteiger partial charge in [0.05, 0.1) is 23.4 Å². The molecule has 32 heavy (non-hydrogen) atoms. The van der Waals surface area contributed by atoms with E-state index in [1.807, 2.05) is 49.4 Å². The van der Waals surface area contributed by atoms with Crippen molar-refractivity contribution in [2.24, 2.45) is 0 Å². The summed E-state index contributed by atoms with van der Waals surface area (Å²) in [5.41, 5.74) is 4.65. The molecular weight excluding hydrogens is 405 g/mol. The number of aromatic carboxylic acids is 1. The summed E-state index contributed by atoms with van der Waals surface area (Å²) in [4.78, 5) is 16.5. The van der Waals surface area contributed by atoms with Gasteiger partial charge in [-0.25, -0.2) is 14.2 Å². The predicted octanol–water partition coefficient (Wildman–Crippen LogP) is 6.89. The third kappa shape index (κ3) is 4.19. The quantitative estimate of drug-likeness (QED) is 0.325. The van der Waals surface area contributed by atoms with E-state index in [9.17, 15) is 14.3 Å². The Hall–Kier alpha value is -3.73. The molecule has 4 aromatic rings. The molecular formula is C27H24FNO3. The SMILES string of the molecule is CCCCOc1c(-c2ccccc2)ccc(-c2cc(C(=O)O)c3cc(F)ccc3n2)c1C. The molecule has 0 aliphatic rings. The van der Waals surface area contributed by atoms with E-state index in [0.717, 1.165) is 40.8 Å². The van der Waals surface area contributed by atoms with E-state index in [1.54, 1.807) is 0 Å². The number of carboxylic acids is 1. The molecule has 0 spiro atoms. The van der Waals surface area contributed by atoms with Gasteiger partial charge in [-0.2, -0.15) is 0 Å². The predicted molar refractivity (Wildman–Crippen MR) is 125 cm³/mol. The van der Waals surface area contributed by atoms with E-state index in [0.29, 0.717) is 17.8 Å². The third-order valence-corrected chi connectivity index (χ3v) is 5.51. The van der Waals surface area contributed by atoms with Gasteiger partial charge >= 0.3 is 5.97 Å². The van der Waals surface area contributed by atoms with Gasteiger partial charge in [-0.1, -0.05) is 49.7 Å². The first-order valence-electron chi connectivity index (χ1n) is 10.7. The summed E-state index contributed by atoms with van der Waals surface area (Å²) < 4.78 is 19.9. The van der Waals surface area contributed by atoms with Crippen LogP contribution in [0.3, 0.4) is 0 Å². The first-order chi connectivity index (χ1) is 15.5. The summed E-state index contributed by atoms with van der Waals surface area (Å²) in [5, 5.41) is 10.0. The topological polar surface area (TPSA) is 59.4 Å². The molecule has 0 saturated heterocycles. The van der Waals surface area contributed by atoms with Gasteiger partial charge in [0.25, 0.3) is 0 Å². The van der Waals surface area contributed by atoms with Crippen LogP contribution in [-0.2, 0) is 0 Å². The van der Waals surface area contributed by atoms with Crippen LogP contribution in [0.4, 0.5) is 4.39 Å². The van der Waals surface area contributed by atoms with Crippen LogP contribution in [0.2, 0.25) is 0 Å². The number of pyridine rings is 1. The van der Waals surface area contributed by atoms with Gasteiger partial charge in [-0.3, -0.25) is 0 Å². The van der Waals surface area contributed by atoms with Crippen LogP contribution < -0.4 is 4.74 Å². The Kier molecular flexibility index (Phi) is 6.17. The van der Waals surface area contributed by atoms with Crippen molar-refractivity contribution in [3.8, 4) is 28.1 Å². The second-order valence-corrected chi connectivity index (χ2v) is 7.70. The highest BCUT2D eigenvalue weighted by Crippen LogP contribution is 2.39. The lowest BCUT2D eigenvalue weighted by atomic mass is 9.95. The second kappa shape index (κ2) is 9.18. The maximum atomic E-state index is 13.7. The minimum Gasteiger partial charge on any atom is -0.493 e. The molecule has 162 valence electrons. The fraction of sp³-hybridized carbons (Fsp3) is 0.185. The number of fused-ring (bicyclic) bond motifs is 1. The summed E-state index contributed by atoms with van der Waals surface area (Å²) in [5.74, 6) is -0.855. The normalized spacial score (nSPS) is 11.0. The van der Waals surface area contributed by atoms with Crippen molar-refractivity contribution in [2.75, 3.05) is 6.61 Å². The van der Waals surface area contributed by atoms with Gasteiger partial charge in [-0.15, -0.1) is 0 Å². The standard InChI is InChI=1S/C27H24FNO3/c1-3-4-14-32-26-17(2)20(11-12-21(26)18-8-6-5-7-9-18)25-16-23(27(30)31)22-15-19(28)10-13-24(22)29-25/h5-13,15-16H,3-4,14H2,1-2H3,(H,30,31). The van der Waals surface area contributed by atoms with Crippen molar-refractivity contribution >= 4 is 16.9 Å². The fourth-order valence-corrected chi connectivity index (χ4v) is 3.83. The number of carboxylic acid groups (broad SMARTS) is 1. The van der Waals surface area contributed by atoms with Gasteiger partial charge in [0.2, 0.25) is 0 Å². The Morgan fingerprint density at radius 1 is 1.03 bits per heavy atom. The minimum absolute atomic E-state index is 0.0180. The Balaban J connectivity index is 1.90. The molecule has 4 rings (SSSR count). The number of benzene rings is 3. The number of hydrogen-bond acceptors (Lipinski definition) is 3. The first kappa shape index (κ1) is 21.5. The maximum absolute atomic E-state index is 13.7. The number of hydrogen-bond donors (Lipinski definition) is 1. The van der Waals surface area contributed by atoms with Crippen LogP contribution in [0.15, 0.2) is 66.7 Å². The molecule has 1 N–H and O–H groups in total. The average molecular weight is 429 g/mol. The van der Waals surface area contributed by atoms with Crippen molar-refractivity contribution in [1.29, 1.82) is 0 Å². The molecule has 0 radical (unpaired) electrons. The number of aromatic nitrogens is 1. The Labute approximate surface area is 186 Å². The van der Waals surface area contributed by atoms with Crippen LogP contribution in [0.1, 0.15) is 35.7 Å². The summed E-state index contributed by atoms with van der Waals surface area (Å²) in [7, 11) is 0. The zero-order chi connectivity index (χ0) is 22.7. The van der Waals surface area contributed by atoms with Crippen LogP contribution in [0, 0.1) is 12.7 Å². The first-order valence-corrected chi connectivity index (χ1v) is 10.7. The molecule has 1 heterocycles. The monoisotopic (exact) mass is 429 g/mol. The number of ether oxygens (including phenoxy) is 1. The van der Waals surface area contributed by atoms with Crippen LogP contribution in [0.25, 0.3) is 33.3 Å². The number of carbonyl (C=O) groups is 1. The van der Waals surface area contributed by atoms with Crippen LogP contribution in [0.5, 0.6) is 5.75 Å². The van der Waals surface area contributed by atoms with E-state index in [1.165, 1.54) is 24.3 Å². The molecule has 0 atom stereocenters. The lowest BCUT2D eigenvalue weighted by Crippen LogP contribution is -2.03. The third-order valence-electron chi connectivity index (χ3n) is 5.51. The second-order valence-electron chi connectivity index (χ2n) is 7.70. The summed E-state index contributed by atoms with van der Waals surface area (Å²) >= 11 is 0. The lowest BCUT2D eigenvalue weighted by molar-refractivity contribution is 0.0699. The Bertz CT molecular complexity index is 1290. The van der Waals surface area contributed by atoms with Crippen molar-refractivity contribution in [3.63, 3.8) is 0 Å². The van der Waals surface area contributed by atoms with Gasteiger partial charge in [0.1, 0.15) is 11.6 Å². The molecule has 1 aromatic heterocycles.